The van der Waals surface area contributed by atoms with E-state index in [1.54, 1.807) is 18.2 Å². The number of hydrogen-bond donors (Lipinski definition) is 3. The van der Waals surface area contributed by atoms with Crippen LogP contribution >= 0.6 is 0 Å². The summed E-state index contributed by atoms with van der Waals surface area (Å²) in [6.07, 6.45) is 2.86. The second kappa shape index (κ2) is 9.73. The zero-order chi connectivity index (χ0) is 25.3. The minimum Gasteiger partial charge on any atom is -0.371 e. The van der Waals surface area contributed by atoms with Gasteiger partial charge in [-0.15, -0.1) is 0 Å². The first-order chi connectivity index (χ1) is 17.3. The van der Waals surface area contributed by atoms with Crippen molar-refractivity contribution in [3.63, 3.8) is 0 Å². The Balaban J connectivity index is 1.26. The van der Waals surface area contributed by atoms with Gasteiger partial charge >= 0.3 is 0 Å². The summed E-state index contributed by atoms with van der Waals surface area (Å²) in [5.41, 5.74) is 4.19. The lowest BCUT2D eigenvalue weighted by molar-refractivity contribution is -0.116. The molecule has 7 nitrogen and oxygen atoms in total. The Morgan fingerprint density at radius 1 is 1.03 bits per heavy atom. The second-order valence-electron chi connectivity index (χ2n) is 9.24. The molecule has 2 atom stereocenters. The maximum absolute atomic E-state index is 13.1. The fourth-order valence-corrected chi connectivity index (χ4v) is 6.36. The smallest absolute Gasteiger partial charge is 0.251 e. The number of aryl methyl sites for hydroxylation is 1. The molecule has 0 aromatic heterocycles. The van der Waals surface area contributed by atoms with Crippen molar-refractivity contribution in [2.24, 2.45) is 0 Å². The Hall–Kier alpha value is -3.72. The summed E-state index contributed by atoms with van der Waals surface area (Å²) >= 11 is 0. The van der Waals surface area contributed by atoms with Crippen LogP contribution in [0.1, 0.15) is 45.9 Å². The zero-order valence-corrected chi connectivity index (χ0v) is 20.3. The molecule has 5 rings (SSSR count). The molecule has 186 valence electrons. The predicted molar refractivity (Wildman–Crippen MR) is 136 cm³/mol. The lowest BCUT2D eigenvalue weighted by Crippen LogP contribution is -2.43. The number of anilines is 2. The van der Waals surface area contributed by atoms with Gasteiger partial charge in [0.1, 0.15) is 11.9 Å². The van der Waals surface area contributed by atoms with Gasteiger partial charge in [0.05, 0.1) is 28.9 Å². The van der Waals surface area contributed by atoms with E-state index in [2.05, 4.69) is 22.0 Å². The maximum Gasteiger partial charge on any atom is 0.251 e. The molecule has 0 fully saturated rings. The van der Waals surface area contributed by atoms with Crippen molar-refractivity contribution in [2.75, 3.05) is 16.4 Å². The Morgan fingerprint density at radius 2 is 1.81 bits per heavy atom. The van der Waals surface area contributed by atoms with Gasteiger partial charge in [-0.25, -0.2) is 12.8 Å². The third-order valence-corrected chi connectivity index (χ3v) is 8.20. The first kappa shape index (κ1) is 24.0. The molecule has 2 aliphatic rings. The van der Waals surface area contributed by atoms with Crippen LogP contribution in [0.4, 0.5) is 15.8 Å². The van der Waals surface area contributed by atoms with E-state index >= 15 is 0 Å². The number of fused-ring (bicyclic) bond motifs is 2. The van der Waals surface area contributed by atoms with Crippen LogP contribution in [0.25, 0.3) is 0 Å². The van der Waals surface area contributed by atoms with Crippen molar-refractivity contribution < 1.29 is 22.4 Å². The molecule has 0 bridgehead atoms. The summed E-state index contributed by atoms with van der Waals surface area (Å²) in [5.74, 6) is -1.90. The quantitative estimate of drug-likeness (QED) is 0.468. The van der Waals surface area contributed by atoms with Crippen LogP contribution in [0.5, 0.6) is 0 Å². The molecule has 0 unspecified atom stereocenters. The summed E-state index contributed by atoms with van der Waals surface area (Å²) < 4.78 is 38.4. The maximum atomic E-state index is 13.1. The monoisotopic (exact) mass is 507 g/mol. The number of halogens is 1. The molecule has 3 aromatic rings. The largest absolute Gasteiger partial charge is 0.371 e. The number of carbonyl (C=O) groups is 2. The summed E-state index contributed by atoms with van der Waals surface area (Å²) in [6, 6.07) is 17.2. The Labute approximate surface area is 209 Å². The van der Waals surface area contributed by atoms with Gasteiger partial charge in [-0.05, 0) is 66.3 Å². The van der Waals surface area contributed by atoms with Crippen LogP contribution in [0.2, 0.25) is 0 Å². The molecule has 2 amide bonds. The molecule has 9 heteroatoms. The number of hydrogen-bond acceptors (Lipinski definition) is 5. The SMILES string of the molecule is O=C(N[C@@H]1CCCc2ccccc21)c1ccc2c(c1)NC(=O)[C@@H](CS(=O)(=O)Cc1ccc(F)cc1)N2. The molecule has 36 heavy (non-hydrogen) atoms. The number of carbonyl (C=O) groups excluding carboxylic acids is 2. The van der Waals surface area contributed by atoms with Gasteiger partial charge in [-0.3, -0.25) is 9.59 Å². The minimum atomic E-state index is -3.65. The second-order valence-corrected chi connectivity index (χ2v) is 11.4. The van der Waals surface area contributed by atoms with Gasteiger partial charge in [0.15, 0.2) is 9.84 Å². The lowest BCUT2D eigenvalue weighted by atomic mass is 9.87. The predicted octanol–water partition coefficient (Wildman–Crippen LogP) is 3.98. The third-order valence-electron chi connectivity index (χ3n) is 6.58. The van der Waals surface area contributed by atoms with Crippen LogP contribution < -0.4 is 16.0 Å². The number of rotatable bonds is 6. The highest BCUT2D eigenvalue weighted by atomic mass is 32.2. The molecule has 0 spiro atoms. The van der Waals surface area contributed by atoms with Crippen molar-refractivity contribution >= 4 is 33.0 Å². The average molecular weight is 508 g/mol. The van der Waals surface area contributed by atoms with E-state index in [9.17, 15) is 22.4 Å². The lowest BCUT2D eigenvalue weighted by Gasteiger charge is -2.28. The van der Waals surface area contributed by atoms with E-state index in [1.807, 2.05) is 18.2 Å². The van der Waals surface area contributed by atoms with Crippen LogP contribution in [-0.4, -0.2) is 32.0 Å². The Bertz CT molecular complexity index is 1420. The molecule has 1 aliphatic carbocycles. The van der Waals surface area contributed by atoms with Crippen LogP contribution in [0.15, 0.2) is 66.7 Å². The molecular formula is C27H26FN3O4S. The van der Waals surface area contributed by atoms with Gasteiger partial charge in [-0.2, -0.15) is 0 Å². The van der Waals surface area contributed by atoms with Crippen molar-refractivity contribution in [1.29, 1.82) is 0 Å². The average Bonchev–Trinajstić information content (AvgIpc) is 2.85. The van der Waals surface area contributed by atoms with E-state index in [1.165, 1.54) is 29.8 Å². The molecule has 1 heterocycles. The van der Waals surface area contributed by atoms with Crippen molar-refractivity contribution in [1.82, 2.24) is 5.32 Å². The van der Waals surface area contributed by atoms with Gasteiger partial charge in [0.25, 0.3) is 5.91 Å². The zero-order valence-electron chi connectivity index (χ0n) is 19.5. The standard InChI is InChI=1S/C27H26FN3O4S/c28-20-11-8-17(9-12-20)15-36(34,35)16-25-27(33)31-24-14-19(10-13-23(24)29-25)26(32)30-22-7-3-5-18-4-1-2-6-21(18)22/h1-2,4,6,8-14,22,25,29H,3,5,7,15-16H2,(H,30,32)(H,31,33)/t22-,25-/m1/s1. The van der Waals surface area contributed by atoms with Gasteiger partial charge in [0, 0.05) is 5.56 Å². The van der Waals surface area contributed by atoms with E-state index in [-0.39, 0.29) is 17.7 Å². The van der Waals surface area contributed by atoms with Crippen LogP contribution in [-0.2, 0) is 26.8 Å². The van der Waals surface area contributed by atoms with E-state index < -0.39 is 33.4 Å². The highest BCUT2D eigenvalue weighted by molar-refractivity contribution is 7.90. The molecule has 3 N–H and O–H groups in total. The van der Waals surface area contributed by atoms with Gasteiger partial charge in [0.2, 0.25) is 5.91 Å². The van der Waals surface area contributed by atoms with Crippen LogP contribution in [0, 0.1) is 5.82 Å². The molecule has 0 radical (unpaired) electrons. The summed E-state index contributed by atoms with van der Waals surface area (Å²) in [7, 11) is -3.65. The third kappa shape index (κ3) is 5.26. The number of benzene rings is 3. The van der Waals surface area contributed by atoms with E-state index in [4.69, 9.17) is 0 Å². The highest BCUT2D eigenvalue weighted by Crippen LogP contribution is 2.31. The van der Waals surface area contributed by atoms with Crippen molar-refractivity contribution in [2.45, 2.75) is 37.1 Å². The van der Waals surface area contributed by atoms with Crippen molar-refractivity contribution in [3.05, 3.63) is 94.8 Å². The fourth-order valence-electron chi connectivity index (χ4n) is 4.80. The fraction of sp³-hybridized carbons (Fsp3) is 0.259. The first-order valence-corrected chi connectivity index (χ1v) is 13.6. The number of amides is 2. The van der Waals surface area contributed by atoms with Crippen molar-refractivity contribution in [3.8, 4) is 0 Å². The van der Waals surface area contributed by atoms with Gasteiger partial charge in [-0.1, -0.05) is 36.4 Å². The van der Waals surface area contributed by atoms with E-state index in [0.717, 1.165) is 24.8 Å². The first-order valence-electron chi connectivity index (χ1n) is 11.8. The molecule has 3 aromatic carbocycles. The molecular weight excluding hydrogens is 481 g/mol. The molecule has 0 saturated carbocycles. The highest BCUT2D eigenvalue weighted by Gasteiger charge is 2.31. The normalized spacial score (nSPS) is 18.9. The summed E-state index contributed by atoms with van der Waals surface area (Å²) in [4.78, 5) is 25.7. The van der Waals surface area contributed by atoms with Gasteiger partial charge < -0.3 is 16.0 Å². The topological polar surface area (TPSA) is 104 Å². The summed E-state index contributed by atoms with van der Waals surface area (Å²) in [6.45, 7) is 0. The van der Waals surface area contributed by atoms with E-state index in [0.29, 0.717) is 22.5 Å². The Kier molecular flexibility index (Phi) is 6.49. The number of nitrogens with one attached hydrogen (secondary N) is 3. The number of sulfone groups is 1. The molecule has 0 saturated heterocycles. The molecule has 1 aliphatic heterocycles. The minimum absolute atomic E-state index is 0.0677. The Morgan fingerprint density at radius 3 is 2.61 bits per heavy atom. The van der Waals surface area contributed by atoms with Crippen LogP contribution in [0.3, 0.4) is 0 Å². The summed E-state index contributed by atoms with van der Waals surface area (Å²) in [5, 5.41) is 8.80.